The van der Waals surface area contributed by atoms with E-state index in [1.165, 1.54) is 5.56 Å². The predicted molar refractivity (Wildman–Crippen MR) is 101 cm³/mol. The Bertz CT molecular complexity index is 942. The summed E-state index contributed by atoms with van der Waals surface area (Å²) in [5, 5.41) is 1.04. The number of benzene rings is 2. The van der Waals surface area contributed by atoms with Gasteiger partial charge in [0.15, 0.2) is 0 Å². The number of nitrogens with one attached hydrogen (secondary N) is 1. The number of H-pyrrole nitrogens is 1. The van der Waals surface area contributed by atoms with Crippen LogP contribution in [0.25, 0.3) is 10.9 Å². The lowest BCUT2D eigenvalue weighted by molar-refractivity contribution is -0.118. The summed E-state index contributed by atoms with van der Waals surface area (Å²) < 4.78 is 0. The van der Waals surface area contributed by atoms with Gasteiger partial charge in [0.25, 0.3) is 5.56 Å². The first-order valence-corrected chi connectivity index (χ1v) is 8.51. The molecule has 1 aromatic heterocycles. The number of nitrogens with two attached hydrogens (primary N) is 1. The van der Waals surface area contributed by atoms with E-state index in [-0.39, 0.29) is 17.4 Å². The van der Waals surface area contributed by atoms with Gasteiger partial charge in [0, 0.05) is 23.9 Å². The highest BCUT2D eigenvalue weighted by atomic mass is 16.1. The summed E-state index contributed by atoms with van der Waals surface area (Å²) in [4.78, 5) is 26.1. The average Bonchev–Trinajstić information content (AvgIpc) is 2.61. The third-order valence-electron chi connectivity index (χ3n) is 4.60. The number of para-hydroxylation sites is 1. The second-order valence-corrected chi connectivity index (χ2v) is 6.54. The molecule has 0 bridgehead atoms. The van der Waals surface area contributed by atoms with E-state index in [0.29, 0.717) is 12.8 Å². The van der Waals surface area contributed by atoms with Crippen molar-refractivity contribution in [3.05, 3.63) is 81.6 Å². The molecular weight excluding hydrogens is 312 g/mol. The van der Waals surface area contributed by atoms with Crippen LogP contribution in [0.15, 0.2) is 59.4 Å². The number of fused-ring (bicyclic) bond motifs is 1. The molecule has 0 radical (unpaired) electrons. The van der Waals surface area contributed by atoms with Crippen LogP contribution in [0, 0.1) is 0 Å². The third-order valence-corrected chi connectivity index (χ3v) is 4.60. The van der Waals surface area contributed by atoms with Crippen molar-refractivity contribution in [3.8, 4) is 0 Å². The molecular formula is C21H22N2O2. The molecule has 0 unspecified atom stereocenters. The fraction of sp³-hybridized carbons (Fsp3) is 0.238. The second kappa shape index (κ2) is 7.34. The van der Waals surface area contributed by atoms with Gasteiger partial charge in [0.05, 0.1) is 0 Å². The van der Waals surface area contributed by atoms with Crippen molar-refractivity contribution in [2.75, 3.05) is 0 Å². The summed E-state index contributed by atoms with van der Waals surface area (Å²) in [6.07, 6.45) is 1.74. The predicted octanol–water partition coefficient (Wildman–Crippen LogP) is 3.49. The van der Waals surface area contributed by atoms with Crippen LogP contribution in [-0.2, 0) is 11.2 Å². The van der Waals surface area contributed by atoms with Crippen LogP contribution in [0.4, 0.5) is 0 Å². The van der Waals surface area contributed by atoms with Crippen LogP contribution in [-0.4, -0.2) is 10.9 Å². The molecule has 128 valence electrons. The van der Waals surface area contributed by atoms with Gasteiger partial charge in [-0.25, -0.2) is 0 Å². The first-order chi connectivity index (χ1) is 12.0. The Morgan fingerprint density at radius 2 is 1.84 bits per heavy atom. The van der Waals surface area contributed by atoms with Crippen LogP contribution in [0.1, 0.15) is 42.4 Å². The number of amides is 1. The van der Waals surface area contributed by atoms with Gasteiger partial charge >= 0.3 is 0 Å². The number of aromatic nitrogens is 1. The molecule has 0 spiro atoms. The quantitative estimate of drug-likeness (QED) is 0.724. The molecule has 3 aromatic rings. The van der Waals surface area contributed by atoms with Crippen molar-refractivity contribution in [1.82, 2.24) is 4.98 Å². The minimum atomic E-state index is -0.265. The number of primary amides is 1. The van der Waals surface area contributed by atoms with Crippen molar-refractivity contribution in [2.45, 2.75) is 32.1 Å². The Morgan fingerprint density at radius 3 is 2.56 bits per heavy atom. The molecule has 3 rings (SSSR count). The molecule has 2 aromatic carbocycles. The maximum Gasteiger partial charge on any atom is 0.251 e. The van der Waals surface area contributed by atoms with Crippen molar-refractivity contribution in [1.29, 1.82) is 0 Å². The van der Waals surface area contributed by atoms with Crippen molar-refractivity contribution in [2.24, 2.45) is 5.73 Å². The largest absolute Gasteiger partial charge is 0.370 e. The Labute approximate surface area is 146 Å². The van der Waals surface area contributed by atoms with E-state index in [1.54, 1.807) is 0 Å². The SMILES string of the molecule is C[C@@H](CCC(N)=O)c1ccc(Cc2cc3ccccc3[nH]c2=O)cc1. The summed E-state index contributed by atoms with van der Waals surface area (Å²) >= 11 is 0. The maximum absolute atomic E-state index is 12.3. The monoisotopic (exact) mass is 334 g/mol. The first-order valence-electron chi connectivity index (χ1n) is 8.51. The second-order valence-electron chi connectivity index (χ2n) is 6.54. The van der Waals surface area contributed by atoms with E-state index in [9.17, 15) is 9.59 Å². The molecule has 1 amide bonds. The van der Waals surface area contributed by atoms with E-state index in [0.717, 1.165) is 28.5 Å². The van der Waals surface area contributed by atoms with Crippen molar-refractivity contribution >= 4 is 16.8 Å². The highest BCUT2D eigenvalue weighted by Crippen LogP contribution is 2.21. The minimum absolute atomic E-state index is 0.0439. The van der Waals surface area contributed by atoms with Crippen LogP contribution in [0.5, 0.6) is 0 Å². The van der Waals surface area contributed by atoms with Crippen LogP contribution < -0.4 is 11.3 Å². The highest BCUT2D eigenvalue weighted by molar-refractivity contribution is 5.78. The lowest BCUT2D eigenvalue weighted by atomic mass is 9.94. The Balaban J connectivity index is 1.76. The number of carbonyl (C=O) groups is 1. The van der Waals surface area contributed by atoms with Crippen LogP contribution in [0.3, 0.4) is 0 Å². The molecule has 0 saturated heterocycles. The lowest BCUT2D eigenvalue weighted by Crippen LogP contribution is -2.12. The zero-order chi connectivity index (χ0) is 17.8. The van der Waals surface area contributed by atoms with Crippen LogP contribution in [0.2, 0.25) is 0 Å². The molecule has 0 aliphatic carbocycles. The lowest BCUT2D eigenvalue weighted by Gasteiger charge is -2.11. The van der Waals surface area contributed by atoms with Gasteiger partial charge in [-0.2, -0.15) is 0 Å². The van der Waals surface area contributed by atoms with E-state index in [1.807, 2.05) is 42.5 Å². The van der Waals surface area contributed by atoms with E-state index < -0.39 is 0 Å². The molecule has 0 aliphatic heterocycles. The maximum atomic E-state index is 12.3. The highest BCUT2D eigenvalue weighted by Gasteiger charge is 2.08. The molecule has 0 fully saturated rings. The number of hydrogen-bond donors (Lipinski definition) is 2. The Hall–Kier alpha value is -2.88. The zero-order valence-corrected chi connectivity index (χ0v) is 14.3. The summed E-state index contributed by atoms with van der Waals surface area (Å²) in [5.41, 5.74) is 9.05. The standard InChI is InChI=1S/C21H22N2O2/c1-14(6-11-20(22)24)16-9-7-15(8-10-16)12-18-13-17-4-2-3-5-19(17)23-21(18)25/h2-5,7-10,13-14H,6,11-12H2,1H3,(H2,22,24)(H,23,25)/t14-/m0/s1. The van der Waals surface area contributed by atoms with Gasteiger partial charge in [-0.1, -0.05) is 49.4 Å². The summed E-state index contributed by atoms with van der Waals surface area (Å²) in [6.45, 7) is 2.09. The Kier molecular flexibility index (Phi) is 4.98. The Morgan fingerprint density at radius 1 is 1.12 bits per heavy atom. The molecule has 1 atom stereocenters. The van der Waals surface area contributed by atoms with Gasteiger partial charge in [0.2, 0.25) is 5.91 Å². The molecule has 4 nitrogen and oxygen atoms in total. The fourth-order valence-corrected chi connectivity index (χ4v) is 3.03. The molecule has 0 saturated carbocycles. The van der Waals surface area contributed by atoms with Gasteiger partial charge in [-0.15, -0.1) is 0 Å². The minimum Gasteiger partial charge on any atom is -0.370 e. The average molecular weight is 334 g/mol. The number of carbonyl (C=O) groups excluding carboxylic acids is 1. The fourth-order valence-electron chi connectivity index (χ4n) is 3.03. The molecule has 1 heterocycles. The number of rotatable bonds is 6. The van der Waals surface area contributed by atoms with Crippen LogP contribution >= 0.6 is 0 Å². The van der Waals surface area contributed by atoms with E-state index in [4.69, 9.17) is 5.73 Å². The van der Waals surface area contributed by atoms with Gasteiger partial charge in [0.1, 0.15) is 0 Å². The summed E-state index contributed by atoms with van der Waals surface area (Å²) in [5.74, 6) is 0.0182. The number of pyridine rings is 1. The van der Waals surface area contributed by atoms with Gasteiger partial charge in [-0.05, 0) is 41.0 Å². The van der Waals surface area contributed by atoms with Gasteiger partial charge in [-0.3, -0.25) is 9.59 Å². The summed E-state index contributed by atoms with van der Waals surface area (Å²) in [6, 6.07) is 18.0. The summed E-state index contributed by atoms with van der Waals surface area (Å²) in [7, 11) is 0. The molecule has 25 heavy (non-hydrogen) atoms. The third kappa shape index (κ3) is 4.15. The molecule has 0 aliphatic rings. The van der Waals surface area contributed by atoms with E-state index >= 15 is 0 Å². The topological polar surface area (TPSA) is 76.0 Å². The zero-order valence-electron chi connectivity index (χ0n) is 14.3. The van der Waals surface area contributed by atoms with Crippen molar-refractivity contribution < 1.29 is 4.79 Å². The number of aromatic amines is 1. The van der Waals surface area contributed by atoms with E-state index in [2.05, 4.69) is 24.0 Å². The molecule has 3 N–H and O–H groups in total. The van der Waals surface area contributed by atoms with Gasteiger partial charge < -0.3 is 10.7 Å². The number of hydrogen-bond acceptors (Lipinski definition) is 2. The smallest absolute Gasteiger partial charge is 0.251 e. The van der Waals surface area contributed by atoms with Crippen molar-refractivity contribution in [3.63, 3.8) is 0 Å². The normalized spacial score (nSPS) is 12.2. The first kappa shape index (κ1) is 17.0. The molecule has 4 heteroatoms.